The van der Waals surface area contributed by atoms with E-state index in [-0.39, 0.29) is 34.2 Å². The predicted octanol–water partition coefficient (Wildman–Crippen LogP) is 7.80. The van der Waals surface area contributed by atoms with Crippen molar-refractivity contribution in [3.63, 3.8) is 0 Å². The molecular formula is C29H20ClF4N5O4S. The number of aromatic nitrogens is 2. The first-order chi connectivity index (χ1) is 21.0. The number of carbonyl (C=O) groups is 1. The van der Waals surface area contributed by atoms with Gasteiger partial charge in [-0.2, -0.15) is 21.9 Å². The minimum absolute atomic E-state index is 0.00781. The third kappa shape index (κ3) is 6.55. The molecule has 44 heavy (non-hydrogen) atoms. The number of anilines is 1. The SMILES string of the molecule is O=C(Nc1nsc2ccc([N+](=O)[O-])cc12)NC(Cc1ccccc1)(c1cccc(OC(F)(F)C(F)F)c1)c1ccc(Cl)cn1. The molecule has 0 aliphatic heterocycles. The van der Waals surface area contributed by atoms with Gasteiger partial charge in [0.05, 0.1) is 20.3 Å². The molecule has 5 aromatic rings. The number of benzene rings is 3. The van der Waals surface area contributed by atoms with Gasteiger partial charge in [0.25, 0.3) is 5.69 Å². The number of hydrogen-bond donors (Lipinski definition) is 2. The molecule has 0 saturated carbocycles. The van der Waals surface area contributed by atoms with E-state index in [9.17, 15) is 32.5 Å². The van der Waals surface area contributed by atoms with Gasteiger partial charge >= 0.3 is 18.6 Å². The lowest BCUT2D eigenvalue weighted by molar-refractivity contribution is -0.384. The Morgan fingerprint density at radius 3 is 2.50 bits per heavy atom. The van der Waals surface area contributed by atoms with Gasteiger partial charge in [0.1, 0.15) is 11.3 Å². The lowest BCUT2D eigenvalue weighted by Gasteiger charge is -2.35. The molecule has 0 aliphatic carbocycles. The van der Waals surface area contributed by atoms with E-state index in [1.165, 1.54) is 48.7 Å². The molecule has 2 amide bonds. The largest absolute Gasteiger partial charge is 0.461 e. The van der Waals surface area contributed by atoms with Crippen LogP contribution in [0.1, 0.15) is 16.8 Å². The van der Waals surface area contributed by atoms with Crippen molar-refractivity contribution in [3.8, 4) is 5.75 Å². The summed E-state index contributed by atoms with van der Waals surface area (Å²) in [5.74, 6) is -0.545. The molecule has 2 heterocycles. The van der Waals surface area contributed by atoms with Crippen LogP contribution in [0.4, 0.5) is 33.9 Å². The van der Waals surface area contributed by atoms with E-state index < -0.39 is 34.8 Å². The average molecular weight is 646 g/mol. The third-order valence-corrected chi connectivity index (χ3v) is 7.58. The van der Waals surface area contributed by atoms with Crippen LogP contribution in [-0.2, 0) is 12.0 Å². The third-order valence-electron chi connectivity index (χ3n) is 6.53. The highest BCUT2D eigenvalue weighted by molar-refractivity contribution is 7.13. The summed E-state index contributed by atoms with van der Waals surface area (Å²) in [5.41, 5.74) is -0.760. The highest BCUT2D eigenvalue weighted by Gasteiger charge is 2.45. The highest BCUT2D eigenvalue weighted by atomic mass is 35.5. The number of nitrogens with one attached hydrogen (secondary N) is 2. The number of nitrogens with zero attached hydrogens (tertiary/aromatic N) is 3. The van der Waals surface area contributed by atoms with Crippen molar-refractivity contribution in [1.29, 1.82) is 0 Å². The Morgan fingerprint density at radius 1 is 1.05 bits per heavy atom. The number of nitro benzene ring substituents is 1. The molecule has 0 saturated heterocycles. The summed E-state index contributed by atoms with van der Waals surface area (Å²) >= 11 is 7.10. The average Bonchev–Trinajstić information content (AvgIpc) is 3.39. The Hall–Kier alpha value is -4.82. The van der Waals surface area contributed by atoms with Crippen LogP contribution in [0, 0.1) is 10.1 Å². The van der Waals surface area contributed by atoms with Crippen LogP contribution in [-0.4, -0.2) is 32.8 Å². The summed E-state index contributed by atoms with van der Waals surface area (Å²) in [4.78, 5) is 28.9. The standard InChI is InChI=1S/C29H20ClF4N5O4S/c30-19-9-12-24(35-16-19)28(15-17-5-2-1-3-6-17,18-7-4-8-21(13-18)43-29(33,34)26(31)32)37-27(40)36-25-22-14-20(39(41)42)10-11-23(22)44-38-25/h1-14,16,26H,15H2,(H2,36,37,38,40). The normalized spacial score (nSPS) is 13.0. The Labute approximate surface area is 255 Å². The molecule has 0 bridgehead atoms. The number of non-ortho nitro benzene ring substituents is 1. The lowest BCUT2D eigenvalue weighted by Crippen LogP contribution is -2.50. The molecule has 3 aromatic carbocycles. The maximum Gasteiger partial charge on any atom is 0.461 e. The Balaban J connectivity index is 1.61. The minimum Gasteiger partial charge on any atom is -0.428 e. The van der Waals surface area contributed by atoms with E-state index >= 15 is 0 Å². The number of pyridine rings is 1. The highest BCUT2D eigenvalue weighted by Crippen LogP contribution is 2.37. The van der Waals surface area contributed by atoms with Crippen LogP contribution in [0.3, 0.4) is 0 Å². The van der Waals surface area contributed by atoms with Crippen LogP contribution in [0.25, 0.3) is 10.1 Å². The molecule has 9 nitrogen and oxygen atoms in total. The number of ether oxygens (including phenoxy) is 1. The number of alkyl halides is 4. The molecule has 2 aromatic heterocycles. The number of halogens is 5. The van der Waals surface area contributed by atoms with Gasteiger partial charge in [-0.1, -0.05) is 54.1 Å². The molecule has 226 valence electrons. The van der Waals surface area contributed by atoms with E-state index in [0.29, 0.717) is 15.6 Å². The molecule has 1 atom stereocenters. The van der Waals surface area contributed by atoms with Gasteiger partial charge in [0.15, 0.2) is 5.82 Å². The first-order valence-electron chi connectivity index (χ1n) is 12.7. The van der Waals surface area contributed by atoms with Crippen molar-refractivity contribution in [2.45, 2.75) is 24.5 Å². The topological polar surface area (TPSA) is 119 Å². The van der Waals surface area contributed by atoms with Crippen LogP contribution in [0.15, 0.2) is 91.1 Å². The van der Waals surface area contributed by atoms with E-state index in [2.05, 4.69) is 24.7 Å². The quantitative estimate of drug-likeness (QED) is 0.0909. The van der Waals surface area contributed by atoms with E-state index in [0.717, 1.165) is 23.7 Å². The number of fused-ring (bicyclic) bond motifs is 1. The maximum absolute atomic E-state index is 13.9. The van der Waals surface area contributed by atoms with Crippen LogP contribution in [0.2, 0.25) is 5.02 Å². The van der Waals surface area contributed by atoms with Crippen LogP contribution in [0.5, 0.6) is 5.75 Å². The van der Waals surface area contributed by atoms with Crippen molar-refractivity contribution >= 4 is 50.8 Å². The number of rotatable bonds is 10. The maximum atomic E-state index is 13.9. The second kappa shape index (κ2) is 12.4. The number of amides is 2. The van der Waals surface area contributed by atoms with E-state index in [1.807, 2.05) is 0 Å². The molecule has 0 spiro atoms. The number of hydrogen-bond acceptors (Lipinski definition) is 7. The van der Waals surface area contributed by atoms with Crippen molar-refractivity contribution in [2.24, 2.45) is 0 Å². The molecule has 0 aliphatic rings. The van der Waals surface area contributed by atoms with Gasteiger partial charge in [-0.3, -0.25) is 20.4 Å². The van der Waals surface area contributed by atoms with E-state index in [4.69, 9.17) is 11.6 Å². The first kappa shape index (κ1) is 30.6. The summed E-state index contributed by atoms with van der Waals surface area (Å²) in [6.45, 7) is 0. The monoisotopic (exact) mass is 645 g/mol. The Bertz CT molecular complexity index is 1810. The fraction of sp³-hybridized carbons (Fsp3) is 0.138. The smallest absolute Gasteiger partial charge is 0.428 e. The van der Waals surface area contributed by atoms with Gasteiger partial charge < -0.3 is 10.1 Å². The van der Waals surface area contributed by atoms with Gasteiger partial charge in [-0.15, -0.1) is 0 Å². The second-order valence-corrected chi connectivity index (χ2v) is 10.7. The number of urea groups is 1. The zero-order valence-electron chi connectivity index (χ0n) is 22.2. The van der Waals surface area contributed by atoms with Gasteiger partial charge in [-0.05, 0) is 53.0 Å². The summed E-state index contributed by atoms with van der Waals surface area (Å²) < 4.78 is 62.8. The molecular weight excluding hydrogens is 626 g/mol. The van der Waals surface area contributed by atoms with Crippen LogP contribution >= 0.6 is 23.1 Å². The first-order valence-corrected chi connectivity index (χ1v) is 13.9. The summed E-state index contributed by atoms with van der Waals surface area (Å²) in [5, 5.41) is 17.4. The number of carbonyl (C=O) groups excluding carboxylic acids is 1. The fourth-order valence-electron chi connectivity index (χ4n) is 4.54. The van der Waals surface area contributed by atoms with Crippen molar-refractivity contribution in [1.82, 2.24) is 14.7 Å². The van der Waals surface area contributed by atoms with Crippen molar-refractivity contribution in [2.75, 3.05) is 5.32 Å². The van der Waals surface area contributed by atoms with E-state index in [1.54, 1.807) is 30.3 Å². The molecule has 5 rings (SSSR count). The molecule has 0 fully saturated rings. The summed E-state index contributed by atoms with van der Waals surface area (Å²) in [6, 6.07) is 20.1. The molecule has 15 heteroatoms. The summed E-state index contributed by atoms with van der Waals surface area (Å²) in [7, 11) is 0. The predicted molar refractivity (Wildman–Crippen MR) is 157 cm³/mol. The van der Waals surface area contributed by atoms with Crippen molar-refractivity contribution in [3.05, 3.63) is 123 Å². The van der Waals surface area contributed by atoms with Gasteiger partial charge in [0.2, 0.25) is 0 Å². The van der Waals surface area contributed by atoms with Crippen molar-refractivity contribution < 1.29 is 32.0 Å². The fourth-order valence-corrected chi connectivity index (χ4v) is 5.37. The van der Waals surface area contributed by atoms with Gasteiger partial charge in [-0.25, -0.2) is 4.79 Å². The Kier molecular flexibility index (Phi) is 8.65. The molecule has 0 radical (unpaired) electrons. The summed E-state index contributed by atoms with van der Waals surface area (Å²) in [6.07, 6.45) is -7.54. The Morgan fingerprint density at radius 2 is 1.82 bits per heavy atom. The minimum atomic E-state index is -4.78. The zero-order valence-corrected chi connectivity index (χ0v) is 23.8. The van der Waals surface area contributed by atoms with Crippen LogP contribution < -0.4 is 15.4 Å². The number of nitro groups is 1. The molecule has 2 N–H and O–H groups in total. The second-order valence-electron chi connectivity index (χ2n) is 9.47. The zero-order chi connectivity index (χ0) is 31.5. The lowest BCUT2D eigenvalue weighted by atomic mass is 9.80. The molecule has 1 unspecified atom stereocenters. The van der Waals surface area contributed by atoms with Gasteiger partial charge in [0, 0.05) is 30.1 Å².